The minimum atomic E-state index is -0.473. The molecule has 0 saturated carbocycles. The number of benzene rings is 1. The van der Waals surface area contributed by atoms with Gasteiger partial charge in [-0.2, -0.15) is 0 Å². The second kappa shape index (κ2) is 7.89. The van der Waals surface area contributed by atoms with Crippen molar-refractivity contribution in [1.29, 1.82) is 0 Å². The molecule has 1 rings (SSSR count). The van der Waals surface area contributed by atoms with Gasteiger partial charge in [0.15, 0.2) is 0 Å². The van der Waals surface area contributed by atoms with Gasteiger partial charge in [0.1, 0.15) is 6.61 Å². The van der Waals surface area contributed by atoms with E-state index in [0.29, 0.717) is 6.54 Å². The molecule has 0 aliphatic rings. The average Bonchev–Trinajstić information content (AvgIpc) is 2.42. The lowest BCUT2D eigenvalue weighted by Gasteiger charge is -2.18. The van der Waals surface area contributed by atoms with Crippen molar-refractivity contribution in [3.8, 4) is 0 Å². The van der Waals surface area contributed by atoms with E-state index in [-0.39, 0.29) is 13.2 Å². The zero-order chi connectivity index (χ0) is 13.2. The Bertz CT molecular complexity index is 404. The lowest BCUT2D eigenvalue weighted by Crippen LogP contribution is -2.33. The van der Waals surface area contributed by atoms with E-state index in [1.165, 1.54) is 11.1 Å². The Kier molecular flexibility index (Phi) is 6.03. The summed E-state index contributed by atoms with van der Waals surface area (Å²) in [5.41, 5.74) is 0.917. The Morgan fingerprint density at radius 1 is 1.39 bits per heavy atom. The highest BCUT2D eigenvalue weighted by molar-refractivity contribution is 5.72. The van der Waals surface area contributed by atoms with Gasteiger partial charge < -0.3 is 9.94 Å². The smallest absolute Gasteiger partial charge is 0.410 e. The quantitative estimate of drug-likeness (QED) is 0.363. The molecule has 1 amide bonds. The first-order valence-electron chi connectivity index (χ1n) is 5.50. The molecule has 0 atom stereocenters. The van der Waals surface area contributed by atoms with Gasteiger partial charge in [0.05, 0.1) is 12.8 Å². The predicted octanol–water partition coefficient (Wildman–Crippen LogP) is 2.27. The van der Waals surface area contributed by atoms with Gasteiger partial charge in [-0.3, -0.25) is 4.90 Å². The molecule has 0 heterocycles. The van der Waals surface area contributed by atoms with Crippen LogP contribution in [0.15, 0.2) is 48.1 Å². The van der Waals surface area contributed by atoms with Crippen molar-refractivity contribution in [2.75, 3.05) is 13.1 Å². The van der Waals surface area contributed by atoms with Crippen LogP contribution < -0.4 is 0 Å². The van der Waals surface area contributed by atoms with Crippen LogP contribution in [0, 0.1) is 0 Å². The van der Waals surface area contributed by atoms with Crippen LogP contribution in [-0.4, -0.2) is 35.5 Å². The molecule has 1 aromatic rings. The maximum Gasteiger partial charge on any atom is 0.410 e. The molecule has 5 nitrogen and oxygen atoms in total. The van der Waals surface area contributed by atoms with Crippen molar-refractivity contribution in [2.24, 2.45) is 5.16 Å². The normalized spacial score (nSPS) is 10.2. The van der Waals surface area contributed by atoms with Crippen LogP contribution in [0.2, 0.25) is 0 Å². The molecular weight excluding hydrogens is 232 g/mol. The van der Waals surface area contributed by atoms with Gasteiger partial charge in [-0.15, -0.1) is 11.7 Å². The molecule has 0 aliphatic heterocycles. The standard InChI is InChI=1S/C13H16N2O3/c1-2-9-15(10-8-14-17)13(16)18-11-12-6-4-3-5-7-12/h2-8,17H,1,9-11H2/b14-8+. The maximum atomic E-state index is 11.7. The first-order valence-corrected chi connectivity index (χ1v) is 5.50. The highest BCUT2D eigenvalue weighted by atomic mass is 16.6. The van der Waals surface area contributed by atoms with E-state index in [2.05, 4.69) is 11.7 Å². The van der Waals surface area contributed by atoms with Gasteiger partial charge in [0.2, 0.25) is 0 Å². The van der Waals surface area contributed by atoms with E-state index in [9.17, 15) is 4.79 Å². The summed E-state index contributed by atoms with van der Waals surface area (Å²) in [4.78, 5) is 13.1. The third kappa shape index (κ3) is 4.69. The van der Waals surface area contributed by atoms with Crippen molar-refractivity contribution in [3.63, 3.8) is 0 Å². The fourth-order valence-corrected chi connectivity index (χ4v) is 1.33. The van der Waals surface area contributed by atoms with Crippen molar-refractivity contribution in [1.82, 2.24) is 4.90 Å². The molecule has 0 saturated heterocycles. The van der Waals surface area contributed by atoms with Crippen molar-refractivity contribution in [3.05, 3.63) is 48.6 Å². The highest BCUT2D eigenvalue weighted by Gasteiger charge is 2.12. The summed E-state index contributed by atoms with van der Waals surface area (Å²) in [6, 6.07) is 9.40. The molecule has 0 spiro atoms. The number of hydrogen-bond acceptors (Lipinski definition) is 4. The second-order valence-corrected chi connectivity index (χ2v) is 3.53. The Morgan fingerprint density at radius 3 is 2.72 bits per heavy atom. The third-order valence-corrected chi connectivity index (χ3v) is 2.20. The lowest BCUT2D eigenvalue weighted by molar-refractivity contribution is 0.105. The molecule has 1 N–H and O–H groups in total. The number of rotatable bonds is 6. The molecule has 5 heteroatoms. The summed E-state index contributed by atoms with van der Waals surface area (Å²) in [7, 11) is 0. The first kappa shape index (κ1) is 13.8. The fraction of sp³-hybridized carbons (Fsp3) is 0.231. The largest absolute Gasteiger partial charge is 0.445 e. The zero-order valence-corrected chi connectivity index (χ0v) is 10.0. The molecule has 1 aromatic carbocycles. The lowest BCUT2D eigenvalue weighted by atomic mass is 10.2. The monoisotopic (exact) mass is 248 g/mol. The Labute approximate surface area is 106 Å². The number of ether oxygens (including phenoxy) is 1. The van der Waals surface area contributed by atoms with E-state index in [1.807, 2.05) is 30.3 Å². The van der Waals surface area contributed by atoms with Gasteiger partial charge in [-0.25, -0.2) is 4.79 Å². The summed E-state index contributed by atoms with van der Waals surface area (Å²) < 4.78 is 5.14. The summed E-state index contributed by atoms with van der Waals surface area (Å²) in [6.07, 6.45) is 2.32. The van der Waals surface area contributed by atoms with Crippen LogP contribution in [0.1, 0.15) is 5.56 Å². The molecule has 0 fully saturated rings. The summed E-state index contributed by atoms with van der Waals surface area (Å²) in [5, 5.41) is 11.2. The average molecular weight is 248 g/mol. The summed E-state index contributed by atoms with van der Waals surface area (Å²) in [5.74, 6) is 0. The van der Waals surface area contributed by atoms with Crippen LogP contribution >= 0.6 is 0 Å². The van der Waals surface area contributed by atoms with Crippen LogP contribution in [0.5, 0.6) is 0 Å². The van der Waals surface area contributed by atoms with Gasteiger partial charge in [-0.05, 0) is 5.56 Å². The Morgan fingerprint density at radius 2 is 2.11 bits per heavy atom. The van der Waals surface area contributed by atoms with E-state index in [0.717, 1.165) is 5.56 Å². The number of amides is 1. The number of carbonyl (C=O) groups is 1. The van der Waals surface area contributed by atoms with Crippen LogP contribution in [0.25, 0.3) is 0 Å². The van der Waals surface area contributed by atoms with E-state index < -0.39 is 6.09 Å². The SMILES string of the molecule is C=CCN(C/C=N/O)C(=O)OCc1ccccc1. The number of oxime groups is 1. The molecule has 0 radical (unpaired) electrons. The van der Waals surface area contributed by atoms with E-state index in [4.69, 9.17) is 9.94 Å². The van der Waals surface area contributed by atoms with Crippen molar-refractivity contribution >= 4 is 12.3 Å². The number of hydrogen-bond donors (Lipinski definition) is 1. The minimum Gasteiger partial charge on any atom is -0.445 e. The van der Waals surface area contributed by atoms with Gasteiger partial charge in [0.25, 0.3) is 0 Å². The van der Waals surface area contributed by atoms with Crippen LogP contribution in [-0.2, 0) is 11.3 Å². The third-order valence-electron chi connectivity index (χ3n) is 2.20. The molecule has 0 aromatic heterocycles. The molecule has 0 unspecified atom stereocenters. The fourth-order valence-electron chi connectivity index (χ4n) is 1.33. The van der Waals surface area contributed by atoms with Crippen molar-refractivity contribution in [2.45, 2.75) is 6.61 Å². The first-order chi connectivity index (χ1) is 8.77. The molecule has 0 bridgehead atoms. The van der Waals surface area contributed by atoms with Crippen molar-refractivity contribution < 1.29 is 14.7 Å². The Hall–Kier alpha value is -2.30. The van der Waals surface area contributed by atoms with Gasteiger partial charge >= 0.3 is 6.09 Å². The number of nitrogens with zero attached hydrogens (tertiary/aromatic N) is 2. The number of carbonyl (C=O) groups excluding carboxylic acids is 1. The van der Waals surface area contributed by atoms with E-state index >= 15 is 0 Å². The molecule has 18 heavy (non-hydrogen) atoms. The van der Waals surface area contributed by atoms with E-state index in [1.54, 1.807) is 6.08 Å². The van der Waals surface area contributed by atoms with Crippen LogP contribution in [0.4, 0.5) is 4.79 Å². The molecule has 96 valence electrons. The highest BCUT2D eigenvalue weighted by Crippen LogP contribution is 2.03. The maximum absolute atomic E-state index is 11.7. The van der Waals surface area contributed by atoms with Gasteiger partial charge in [-0.1, -0.05) is 36.4 Å². The van der Waals surface area contributed by atoms with Gasteiger partial charge in [0, 0.05) is 6.54 Å². The molecular formula is C13H16N2O3. The Balaban J connectivity index is 2.48. The predicted molar refractivity (Wildman–Crippen MR) is 68.7 cm³/mol. The summed E-state index contributed by atoms with van der Waals surface area (Å²) in [6.45, 7) is 4.27. The zero-order valence-electron chi connectivity index (χ0n) is 10.0. The molecule has 0 aliphatic carbocycles. The minimum absolute atomic E-state index is 0.177. The summed E-state index contributed by atoms with van der Waals surface area (Å²) >= 11 is 0. The topological polar surface area (TPSA) is 62.1 Å². The van der Waals surface area contributed by atoms with Crippen LogP contribution in [0.3, 0.4) is 0 Å². The second-order valence-electron chi connectivity index (χ2n) is 3.53.